The van der Waals surface area contributed by atoms with Crippen LogP contribution >= 0.6 is 31.9 Å². The molecule has 0 amide bonds. The molecule has 0 aliphatic heterocycles. The van der Waals surface area contributed by atoms with Crippen molar-refractivity contribution >= 4 is 31.9 Å². The van der Waals surface area contributed by atoms with Gasteiger partial charge < -0.3 is 4.74 Å². The summed E-state index contributed by atoms with van der Waals surface area (Å²) in [6, 6.07) is 12.0. The van der Waals surface area contributed by atoms with Gasteiger partial charge in [-0.1, -0.05) is 44.8 Å². The highest BCUT2D eigenvalue weighted by Crippen LogP contribution is 2.41. The molecule has 2 atom stereocenters. The predicted molar refractivity (Wildman–Crippen MR) is 85.0 cm³/mol. The maximum absolute atomic E-state index is 5.29. The Bertz CT molecular complexity index is 545. The standard InChI is InChI=1S/C15H15Br2NO/c1-10(14-5-3-4-8-18-14)15(17)12-9-11(19-2)6-7-13(12)16/h3-10,15H,1-2H3. The molecular weight excluding hydrogens is 370 g/mol. The molecule has 0 aliphatic rings. The molecular formula is C15H15Br2NO. The number of hydrogen-bond acceptors (Lipinski definition) is 2. The zero-order valence-electron chi connectivity index (χ0n) is 10.8. The fourth-order valence-corrected chi connectivity index (χ4v) is 3.37. The van der Waals surface area contributed by atoms with Gasteiger partial charge in [0, 0.05) is 27.1 Å². The summed E-state index contributed by atoms with van der Waals surface area (Å²) in [5.41, 5.74) is 2.23. The summed E-state index contributed by atoms with van der Waals surface area (Å²) in [7, 11) is 1.68. The van der Waals surface area contributed by atoms with E-state index in [1.54, 1.807) is 7.11 Å². The van der Waals surface area contributed by atoms with Gasteiger partial charge in [-0.3, -0.25) is 4.98 Å². The van der Waals surface area contributed by atoms with Crippen molar-refractivity contribution < 1.29 is 4.74 Å². The molecule has 1 aromatic heterocycles. The van der Waals surface area contributed by atoms with Crippen molar-refractivity contribution in [2.75, 3.05) is 7.11 Å². The predicted octanol–water partition coefficient (Wildman–Crippen LogP) is 5.09. The highest BCUT2D eigenvalue weighted by Gasteiger charge is 2.21. The lowest BCUT2D eigenvalue weighted by atomic mass is 9.97. The van der Waals surface area contributed by atoms with Gasteiger partial charge in [-0.15, -0.1) is 0 Å². The third kappa shape index (κ3) is 3.37. The molecule has 0 N–H and O–H groups in total. The fourth-order valence-electron chi connectivity index (χ4n) is 1.92. The maximum Gasteiger partial charge on any atom is 0.119 e. The van der Waals surface area contributed by atoms with E-state index in [0.29, 0.717) is 0 Å². The van der Waals surface area contributed by atoms with E-state index < -0.39 is 0 Å². The number of rotatable bonds is 4. The molecule has 2 unspecified atom stereocenters. The Kier molecular flexibility index (Phi) is 4.99. The van der Waals surface area contributed by atoms with Crippen molar-refractivity contribution in [3.05, 3.63) is 58.3 Å². The molecule has 0 spiro atoms. The largest absolute Gasteiger partial charge is 0.497 e. The Morgan fingerprint density at radius 1 is 1.21 bits per heavy atom. The lowest BCUT2D eigenvalue weighted by molar-refractivity contribution is 0.414. The van der Waals surface area contributed by atoms with Crippen LogP contribution in [0.5, 0.6) is 5.75 Å². The highest BCUT2D eigenvalue weighted by atomic mass is 79.9. The van der Waals surface area contributed by atoms with Gasteiger partial charge in [-0.05, 0) is 35.9 Å². The number of ether oxygens (including phenoxy) is 1. The van der Waals surface area contributed by atoms with E-state index >= 15 is 0 Å². The van der Waals surface area contributed by atoms with Crippen molar-refractivity contribution in [2.24, 2.45) is 0 Å². The van der Waals surface area contributed by atoms with Crippen LogP contribution in [0, 0.1) is 0 Å². The highest BCUT2D eigenvalue weighted by molar-refractivity contribution is 9.11. The minimum atomic E-state index is 0.173. The first-order valence-corrected chi connectivity index (χ1v) is 7.72. The van der Waals surface area contributed by atoms with Gasteiger partial charge in [0.05, 0.1) is 7.11 Å². The Labute approximate surface area is 130 Å². The number of alkyl halides is 1. The molecule has 0 bridgehead atoms. The van der Waals surface area contributed by atoms with Crippen LogP contribution < -0.4 is 4.74 Å². The van der Waals surface area contributed by atoms with Crippen LogP contribution in [-0.4, -0.2) is 12.1 Å². The number of halogens is 2. The molecule has 19 heavy (non-hydrogen) atoms. The van der Waals surface area contributed by atoms with Crippen molar-refractivity contribution in [3.63, 3.8) is 0 Å². The molecule has 0 saturated carbocycles. The average Bonchev–Trinajstić information content (AvgIpc) is 2.47. The Hall–Kier alpha value is -0.870. The number of pyridine rings is 1. The van der Waals surface area contributed by atoms with E-state index in [2.05, 4.69) is 43.8 Å². The zero-order chi connectivity index (χ0) is 13.8. The van der Waals surface area contributed by atoms with E-state index in [9.17, 15) is 0 Å². The van der Waals surface area contributed by atoms with Gasteiger partial charge in [0.25, 0.3) is 0 Å². The third-order valence-corrected chi connectivity index (χ3v) is 5.10. The van der Waals surface area contributed by atoms with Crippen LogP contribution in [0.15, 0.2) is 47.1 Å². The number of methoxy groups -OCH3 is 1. The molecule has 0 fully saturated rings. The second kappa shape index (κ2) is 6.53. The van der Waals surface area contributed by atoms with Crippen molar-refractivity contribution in [1.82, 2.24) is 4.98 Å². The second-order valence-corrected chi connectivity index (χ2v) is 6.17. The molecule has 2 nitrogen and oxygen atoms in total. The third-order valence-electron chi connectivity index (χ3n) is 3.09. The number of nitrogens with zero attached hydrogens (tertiary/aromatic N) is 1. The molecule has 1 heterocycles. The Morgan fingerprint density at radius 3 is 2.63 bits per heavy atom. The molecule has 0 aliphatic carbocycles. The number of hydrogen-bond donors (Lipinski definition) is 0. The first-order valence-electron chi connectivity index (χ1n) is 6.02. The molecule has 100 valence electrons. The summed E-state index contributed by atoms with van der Waals surface area (Å²) in [4.78, 5) is 4.59. The summed E-state index contributed by atoms with van der Waals surface area (Å²) in [5, 5.41) is 0. The SMILES string of the molecule is COc1ccc(Br)c(C(Br)C(C)c2ccccn2)c1. The molecule has 1 aromatic carbocycles. The van der Waals surface area contributed by atoms with Crippen molar-refractivity contribution in [1.29, 1.82) is 0 Å². The lowest BCUT2D eigenvalue weighted by Crippen LogP contribution is -2.05. The minimum absolute atomic E-state index is 0.173. The lowest BCUT2D eigenvalue weighted by Gasteiger charge is -2.20. The number of aromatic nitrogens is 1. The molecule has 4 heteroatoms. The molecule has 2 rings (SSSR count). The zero-order valence-corrected chi connectivity index (χ0v) is 14.0. The first-order chi connectivity index (χ1) is 9.13. The van der Waals surface area contributed by atoms with Gasteiger partial charge in [-0.25, -0.2) is 0 Å². The monoisotopic (exact) mass is 383 g/mol. The smallest absolute Gasteiger partial charge is 0.119 e. The molecule has 0 radical (unpaired) electrons. The molecule has 2 aromatic rings. The topological polar surface area (TPSA) is 22.1 Å². The summed E-state index contributed by atoms with van der Waals surface area (Å²) < 4.78 is 6.36. The van der Waals surface area contributed by atoms with E-state index in [4.69, 9.17) is 4.74 Å². The van der Waals surface area contributed by atoms with Gasteiger partial charge in [0.1, 0.15) is 5.75 Å². The Morgan fingerprint density at radius 2 is 2.00 bits per heavy atom. The van der Waals surface area contributed by atoms with E-state index in [1.165, 1.54) is 0 Å². The van der Waals surface area contributed by atoms with Crippen LogP contribution in [0.2, 0.25) is 0 Å². The van der Waals surface area contributed by atoms with Crippen LogP contribution in [0.3, 0.4) is 0 Å². The van der Waals surface area contributed by atoms with E-state index in [-0.39, 0.29) is 10.7 Å². The second-order valence-electron chi connectivity index (χ2n) is 4.33. The van der Waals surface area contributed by atoms with Gasteiger partial charge >= 0.3 is 0 Å². The van der Waals surface area contributed by atoms with E-state index in [1.807, 2.05) is 42.6 Å². The molecule has 0 saturated heterocycles. The fraction of sp³-hybridized carbons (Fsp3) is 0.267. The van der Waals surface area contributed by atoms with Crippen LogP contribution in [0.1, 0.15) is 28.9 Å². The minimum Gasteiger partial charge on any atom is -0.497 e. The Balaban J connectivity index is 2.31. The van der Waals surface area contributed by atoms with Crippen LogP contribution in [0.25, 0.3) is 0 Å². The average molecular weight is 385 g/mol. The summed E-state index contributed by atoms with van der Waals surface area (Å²) in [5.74, 6) is 1.13. The normalized spacial score (nSPS) is 13.9. The first kappa shape index (κ1) is 14.5. The maximum atomic E-state index is 5.29. The quantitative estimate of drug-likeness (QED) is 0.684. The number of benzene rings is 1. The van der Waals surface area contributed by atoms with E-state index in [0.717, 1.165) is 21.5 Å². The van der Waals surface area contributed by atoms with Gasteiger partial charge in [0.15, 0.2) is 0 Å². The summed E-state index contributed by atoms with van der Waals surface area (Å²) in [6.07, 6.45) is 1.83. The van der Waals surface area contributed by atoms with Crippen LogP contribution in [0.4, 0.5) is 0 Å². The van der Waals surface area contributed by atoms with Crippen molar-refractivity contribution in [3.8, 4) is 5.75 Å². The summed E-state index contributed by atoms with van der Waals surface area (Å²) in [6.45, 7) is 2.16. The van der Waals surface area contributed by atoms with Gasteiger partial charge in [0.2, 0.25) is 0 Å². The van der Waals surface area contributed by atoms with Crippen molar-refractivity contribution in [2.45, 2.75) is 17.7 Å². The van der Waals surface area contributed by atoms with Gasteiger partial charge in [-0.2, -0.15) is 0 Å². The van der Waals surface area contributed by atoms with Crippen LogP contribution in [-0.2, 0) is 0 Å². The summed E-state index contributed by atoms with van der Waals surface area (Å²) >= 11 is 7.37.